The minimum atomic E-state index is -1.55. The molecule has 1 saturated heterocycles. The maximum atomic E-state index is 10.7. The highest BCUT2D eigenvalue weighted by atomic mass is 35.5. The fraction of sp³-hybridized carbons (Fsp3) is 0.250. The molecule has 2 aliphatic heterocycles. The first kappa shape index (κ1) is 9.55. The van der Waals surface area contributed by atoms with Gasteiger partial charge in [0.15, 0.2) is 0 Å². The molecule has 0 aromatic carbocycles. The van der Waals surface area contributed by atoms with E-state index in [1.54, 1.807) is 0 Å². The van der Waals surface area contributed by atoms with Crippen molar-refractivity contribution in [2.45, 2.75) is 11.2 Å². The Morgan fingerprint density at radius 3 is 2.64 bits per heavy atom. The van der Waals surface area contributed by atoms with Crippen molar-refractivity contribution in [2.75, 3.05) is 0 Å². The van der Waals surface area contributed by atoms with Gasteiger partial charge in [0.05, 0.1) is 5.03 Å². The van der Waals surface area contributed by atoms with Crippen molar-refractivity contribution >= 4 is 35.1 Å². The summed E-state index contributed by atoms with van der Waals surface area (Å²) in [4.78, 5) is 21.3. The number of carbonyl (C=O) groups excluding carboxylic acids is 2. The van der Waals surface area contributed by atoms with Crippen LogP contribution in [0, 0.1) is 0 Å². The smallest absolute Gasteiger partial charge is 0.375 e. The van der Waals surface area contributed by atoms with E-state index in [1.807, 2.05) is 0 Å². The molecule has 2 aliphatic rings. The van der Waals surface area contributed by atoms with Gasteiger partial charge in [-0.2, -0.15) is 0 Å². The van der Waals surface area contributed by atoms with Gasteiger partial charge >= 0.3 is 17.0 Å². The van der Waals surface area contributed by atoms with Crippen LogP contribution in [0.3, 0.4) is 0 Å². The molecule has 0 spiro atoms. The maximum Gasteiger partial charge on any atom is 0.375 e. The van der Waals surface area contributed by atoms with Crippen molar-refractivity contribution in [3.05, 3.63) is 23.3 Å². The molecule has 4 nitrogen and oxygen atoms in total. The van der Waals surface area contributed by atoms with Gasteiger partial charge in [0.25, 0.3) is 0 Å². The number of rotatable bonds is 2. The van der Waals surface area contributed by atoms with E-state index in [4.69, 9.17) is 27.9 Å². The lowest BCUT2D eigenvalue weighted by molar-refractivity contribution is -0.137. The molecule has 74 valence electrons. The third kappa shape index (κ3) is 1.51. The number of ether oxygens (including phenoxy) is 2. The van der Waals surface area contributed by atoms with Crippen molar-refractivity contribution < 1.29 is 19.1 Å². The summed E-state index contributed by atoms with van der Waals surface area (Å²) in [6.45, 7) is 0. The number of alkyl halides is 1. The molecule has 2 heterocycles. The summed E-state index contributed by atoms with van der Waals surface area (Å²) in [7, 11) is 0. The molecule has 0 aromatic heterocycles. The van der Waals surface area contributed by atoms with E-state index in [9.17, 15) is 9.59 Å². The van der Waals surface area contributed by atoms with Crippen LogP contribution >= 0.6 is 23.2 Å². The first-order valence-electron chi connectivity index (χ1n) is 3.71. The molecule has 2 atom stereocenters. The monoisotopic (exact) mass is 234 g/mol. The van der Waals surface area contributed by atoms with Crippen molar-refractivity contribution in [1.29, 1.82) is 0 Å². The van der Waals surface area contributed by atoms with Crippen LogP contribution < -0.4 is 0 Å². The summed E-state index contributed by atoms with van der Waals surface area (Å²) in [5, 5.41) is -1.54. The Morgan fingerprint density at radius 1 is 1.57 bits per heavy atom. The Kier molecular flexibility index (Phi) is 2.05. The van der Waals surface area contributed by atoms with Gasteiger partial charge in [-0.25, -0.2) is 9.59 Å². The average molecular weight is 235 g/mol. The molecule has 0 aliphatic carbocycles. The van der Waals surface area contributed by atoms with Gasteiger partial charge < -0.3 is 9.47 Å². The van der Waals surface area contributed by atoms with Crippen LogP contribution in [0.25, 0.3) is 0 Å². The van der Waals surface area contributed by atoms with Gasteiger partial charge in [-0.05, 0) is 12.2 Å². The quantitative estimate of drug-likeness (QED) is 0.408. The highest BCUT2D eigenvalue weighted by Gasteiger charge is 2.60. The van der Waals surface area contributed by atoms with Crippen LogP contribution in [0.4, 0.5) is 0 Å². The lowest BCUT2D eigenvalue weighted by Gasteiger charge is -2.03. The molecule has 6 heteroatoms. The molecular formula is C8H4Cl2O4. The van der Waals surface area contributed by atoms with E-state index in [2.05, 4.69) is 4.74 Å². The first-order valence-corrected chi connectivity index (χ1v) is 4.47. The fourth-order valence-electron chi connectivity index (χ4n) is 0.976. The normalized spacial score (nSPS) is 35.6. The van der Waals surface area contributed by atoms with Gasteiger partial charge in [0.1, 0.15) is 6.10 Å². The van der Waals surface area contributed by atoms with Crippen LogP contribution in [0.15, 0.2) is 23.3 Å². The number of halogens is 2. The second-order valence-electron chi connectivity index (χ2n) is 2.76. The third-order valence-corrected chi connectivity index (χ3v) is 2.67. The second kappa shape index (κ2) is 3.00. The van der Waals surface area contributed by atoms with Crippen LogP contribution in [-0.4, -0.2) is 23.1 Å². The van der Waals surface area contributed by atoms with E-state index in [-0.39, 0.29) is 5.03 Å². The van der Waals surface area contributed by atoms with Crippen molar-refractivity contribution in [1.82, 2.24) is 0 Å². The Morgan fingerprint density at radius 2 is 2.21 bits per heavy atom. The van der Waals surface area contributed by atoms with Crippen LogP contribution in [0.1, 0.15) is 0 Å². The molecule has 0 N–H and O–H groups in total. The highest BCUT2D eigenvalue weighted by Crippen LogP contribution is 2.43. The van der Waals surface area contributed by atoms with Gasteiger partial charge in [-0.15, -0.1) is 0 Å². The van der Waals surface area contributed by atoms with Gasteiger partial charge in [-0.3, -0.25) is 0 Å². The summed E-state index contributed by atoms with van der Waals surface area (Å²) in [5.74, 6) is -1.06. The van der Waals surface area contributed by atoms with E-state index in [0.717, 1.165) is 0 Å². The summed E-state index contributed by atoms with van der Waals surface area (Å²) < 4.78 is 9.22. The second-order valence-corrected chi connectivity index (χ2v) is 3.70. The average Bonchev–Trinajstić information content (AvgIpc) is 2.56. The molecule has 0 amide bonds. The Labute approximate surface area is 89.1 Å². The topological polar surface area (TPSA) is 55.9 Å². The Bertz CT molecular complexity index is 374. The number of hydrogen-bond donors (Lipinski definition) is 0. The van der Waals surface area contributed by atoms with Crippen molar-refractivity contribution in [3.63, 3.8) is 0 Å². The zero-order valence-corrected chi connectivity index (χ0v) is 8.21. The molecular weight excluding hydrogens is 231 g/mol. The van der Waals surface area contributed by atoms with Gasteiger partial charge in [0, 0.05) is 6.08 Å². The van der Waals surface area contributed by atoms with Crippen LogP contribution in [0.2, 0.25) is 0 Å². The molecule has 0 radical (unpaired) electrons. The predicted molar refractivity (Wildman–Crippen MR) is 47.6 cm³/mol. The van der Waals surface area contributed by atoms with Gasteiger partial charge in [0.2, 0.25) is 0 Å². The van der Waals surface area contributed by atoms with Crippen LogP contribution in [-0.2, 0) is 19.1 Å². The molecule has 2 rings (SSSR count). The van der Waals surface area contributed by atoms with Crippen molar-refractivity contribution in [2.24, 2.45) is 0 Å². The van der Waals surface area contributed by atoms with Crippen molar-refractivity contribution in [3.8, 4) is 0 Å². The minimum absolute atomic E-state index is 0.00789. The van der Waals surface area contributed by atoms with Gasteiger partial charge in [-0.1, -0.05) is 23.2 Å². The molecule has 0 saturated carbocycles. The molecule has 2 unspecified atom stereocenters. The number of hydrogen-bond acceptors (Lipinski definition) is 4. The summed E-state index contributed by atoms with van der Waals surface area (Å²) >= 11 is 11.3. The van der Waals surface area contributed by atoms with E-state index < -0.39 is 23.1 Å². The summed E-state index contributed by atoms with van der Waals surface area (Å²) in [6.07, 6.45) is 3.53. The minimum Gasteiger partial charge on any atom is -0.451 e. The highest BCUT2D eigenvalue weighted by molar-refractivity contribution is 6.49. The van der Waals surface area contributed by atoms with E-state index in [1.165, 1.54) is 18.2 Å². The third-order valence-electron chi connectivity index (χ3n) is 1.75. The zero-order chi connectivity index (χ0) is 10.3. The zero-order valence-electron chi connectivity index (χ0n) is 6.70. The SMILES string of the molecule is O=C1C=CC(C=C(Cl)C2(Cl)OC2=O)O1. The largest absolute Gasteiger partial charge is 0.451 e. The molecule has 14 heavy (non-hydrogen) atoms. The fourth-order valence-corrected chi connectivity index (χ4v) is 1.35. The van der Waals surface area contributed by atoms with E-state index >= 15 is 0 Å². The lowest BCUT2D eigenvalue weighted by Crippen LogP contribution is -2.09. The maximum absolute atomic E-state index is 10.7. The number of carbonyl (C=O) groups is 2. The standard InChI is InChI=1S/C8H4Cl2O4/c9-5(8(10)7(12)14-8)3-4-1-2-6(11)13-4/h1-4H. The Hall–Kier alpha value is -1.00. The first-order chi connectivity index (χ1) is 6.52. The molecule has 1 fully saturated rings. The lowest BCUT2D eigenvalue weighted by atomic mass is 10.3. The number of epoxide rings is 1. The molecule has 0 bridgehead atoms. The number of cyclic esters (lactones) is 2. The Balaban J connectivity index is 2.09. The van der Waals surface area contributed by atoms with Crippen LogP contribution in [0.5, 0.6) is 0 Å². The summed E-state index contributed by atoms with van der Waals surface area (Å²) in [5.41, 5.74) is 0. The summed E-state index contributed by atoms with van der Waals surface area (Å²) in [6, 6.07) is 0. The number of esters is 1. The predicted octanol–water partition coefficient (Wildman–Crippen LogP) is 1.08. The van der Waals surface area contributed by atoms with E-state index in [0.29, 0.717) is 0 Å². The molecule has 0 aromatic rings.